The lowest BCUT2D eigenvalue weighted by molar-refractivity contribution is 0.292. The third kappa shape index (κ3) is 6.04. The third-order valence-corrected chi connectivity index (χ3v) is 5.97. The number of rotatable bonds is 12. The fourth-order valence-electron chi connectivity index (χ4n) is 4.22. The number of ether oxygens (including phenoxy) is 2. The fourth-order valence-corrected chi connectivity index (χ4v) is 4.22. The Morgan fingerprint density at radius 1 is 0.686 bits per heavy atom. The molecule has 0 unspecified atom stereocenters. The number of nitrogens with zero attached hydrogens (tertiary/aromatic N) is 1. The number of aliphatic imine (C=N–C) groups is 1. The first-order valence-corrected chi connectivity index (χ1v) is 11.9. The van der Waals surface area contributed by atoms with Gasteiger partial charge in [0, 0.05) is 11.1 Å². The average Bonchev–Trinajstić information content (AvgIpc) is 3.16. The highest BCUT2D eigenvalue weighted by Crippen LogP contribution is 2.28. The maximum atomic E-state index is 13.7. The fraction of sp³-hybridized carbons (Fsp3) is 0.286. The van der Waals surface area contributed by atoms with E-state index >= 15 is 0 Å². The molecule has 1 aliphatic heterocycles. The van der Waals surface area contributed by atoms with Crippen molar-refractivity contribution in [3.05, 3.63) is 94.6 Å². The molecule has 7 heteroatoms. The largest absolute Gasteiger partial charge is 0.491 e. The molecule has 0 atom stereocenters. The topological polar surface area (TPSA) is 80.7 Å². The molecule has 0 radical (unpaired) electrons. The molecular formula is C28H29F2N3O2. The number of benzene rings is 3. The van der Waals surface area contributed by atoms with Crippen molar-refractivity contribution >= 4 is 11.7 Å². The molecule has 182 valence electrons. The molecule has 0 amide bonds. The Morgan fingerprint density at radius 3 is 1.69 bits per heavy atom. The number of hydrogen-bond donors (Lipinski definition) is 2. The number of amidine groups is 2. The van der Waals surface area contributed by atoms with Crippen molar-refractivity contribution in [1.82, 2.24) is 0 Å². The van der Waals surface area contributed by atoms with E-state index in [9.17, 15) is 8.78 Å². The molecule has 0 saturated heterocycles. The Morgan fingerprint density at radius 2 is 1.17 bits per heavy atom. The summed E-state index contributed by atoms with van der Waals surface area (Å²) in [6.07, 6.45) is 4.72. The quantitative estimate of drug-likeness (QED) is 0.323. The Labute approximate surface area is 204 Å². The van der Waals surface area contributed by atoms with Gasteiger partial charge in [0.2, 0.25) is 0 Å². The molecule has 0 aromatic heterocycles. The maximum absolute atomic E-state index is 13.7. The van der Waals surface area contributed by atoms with Crippen LogP contribution in [0.4, 0.5) is 8.78 Å². The van der Waals surface area contributed by atoms with Gasteiger partial charge in [0.1, 0.15) is 5.84 Å². The number of aryl methyl sites for hydroxylation is 2. The van der Waals surface area contributed by atoms with Crippen molar-refractivity contribution in [2.24, 2.45) is 10.7 Å². The second-order valence-electron chi connectivity index (χ2n) is 8.45. The normalized spacial score (nSPS) is 12.4. The molecule has 0 fully saturated rings. The average molecular weight is 478 g/mol. The van der Waals surface area contributed by atoms with Gasteiger partial charge in [-0.05, 0) is 73.9 Å². The number of fused-ring (bicyclic) bond motifs is 1. The smallest absolute Gasteiger partial charge is 0.165 e. The predicted molar refractivity (Wildman–Crippen MR) is 134 cm³/mol. The molecule has 3 N–H and O–H groups in total. The predicted octanol–water partition coefficient (Wildman–Crippen LogP) is 5.81. The summed E-state index contributed by atoms with van der Waals surface area (Å²) < 4.78 is 38.4. The lowest BCUT2D eigenvalue weighted by Gasteiger charge is -2.14. The van der Waals surface area contributed by atoms with Crippen LogP contribution in [0.5, 0.6) is 11.5 Å². The van der Waals surface area contributed by atoms with Crippen LogP contribution in [0.15, 0.2) is 65.7 Å². The zero-order valence-corrected chi connectivity index (χ0v) is 19.5. The van der Waals surface area contributed by atoms with Crippen molar-refractivity contribution in [2.45, 2.75) is 38.5 Å². The summed E-state index contributed by atoms with van der Waals surface area (Å²) in [5.41, 5.74) is 9.92. The number of nitrogens with two attached hydrogens (primary N) is 1. The van der Waals surface area contributed by atoms with Gasteiger partial charge in [-0.15, -0.1) is 0 Å². The van der Waals surface area contributed by atoms with E-state index in [0.29, 0.717) is 19.0 Å². The van der Waals surface area contributed by atoms with Gasteiger partial charge < -0.3 is 15.2 Å². The minimum absolute atomic E-state index is 0.194. The van der Waals surface area contributed by atoms with Crippen LogP contribution in [-0.4, -0.2) is 24.9 Å². The van der Waals surface area contributed by atoms with E-state index < -0.39 is 0 Å². The van der Waals surface area contributed by atoms with E-state index in [0.717, 1.165) is 60.8 Å². The molecule has 4 rings (SSSR count). The highest BCUT2D eigenvalue weighted by molar-refractivity contribution is 6.22. The summed E-state index contributed by atoms with van der Waals surface area (Å²) >= 11 is 0. The molecule has 0 spiro atoms. The van der Waals surface area contributed by atoms with Crippen LogP contribution in [-0.2, 0) is 12.8 Å². The highest BCUT2D eigenvalue weighted by Gasteiger charge is 2.24. The Bertz CT molecular complexity index is 1230. The van der Waals surface area contributed by atoms with Crippen LogP contribution in [0.2, 0.25) is 0 Å². The van der Waals surface area contributed by atoms with Crippen molar-refractivity contribution in [3.63, 3.8) is 0 Å². The molecule has 1 heterocycles. The van der Waals surface area contributed by atoms with E-state index in [1.165, 1.54) is 12.1 Å². The van der Waals surface area contributed by atoms with Crippen LogP contribution < -0.4 is 15.2 Å². The lowest BCUT2D eigenvalue weighted by atomic mass is 9.91. The van der Waals surface area contributed by atoms with Gasteiger partial charge in [-0.2, -0.15) is 0 Å². The highest BCUT2D eigenvalue weighted by atomic mass is 19.1. The van der Waals surface area contributed by atoms with E-state index in [2.05, 4.69) is 11.1 Å². The van der Waals surface area contributed by atoms with Crippen molar-refractivity contribution < 1.29 is 18.3 Å². The molecule has 1 aliphatic rings. The first-order valence-electron chi connectivity index (χ1n) is 11.9. The second-order valence-corrected chi connectivity index (χ2v) is 8.45. The third-order valence-electron chi connectivity index (χ3n) is 5.97. The van der Waals surface area contributed by atoms with Gasteiger partial charge in [-0.3, -0.25) is 5.41 Å². The molecule has 0 bridgehead atoms. The Balaban J connectivity index is 1.29. The van der Waals surface area contributed by atoms with Crippen LogP contribution in [0.1, 0.15) is 47.9 Å². The summed E-state index contributed by atoms with van der Waals surface area (Å²) in [5.74, 6) is 0.386. The molecule has 3 aromatic rings. The van der Waals surface area contributed by atoms with Crippen LogP contribution in [0.25, 0.3) is 0 Å². The molecule has 0 saturated carbocycles. The SMILES string of the molecule is N=C1N=C(N)c2c(CCCCOc3ccccc3F)ccc(CCCCOc3ccccc3F)c21. The zero-order valence-electron chi connectivity index (χ0n) is 19.5. The lowest BCUT2D eigenvalue weighted by Crippen LogP contribution is -2.15. The summed E-state index contributed by atoms with van der Waals surface area (Å²) in [6.45, 7) is 0.849. The monoisotopic (exact) mass is 477 g/mol. The minimum Gasteiger partial charge on any atom is -0.491 e. The van der Waals surface area contributed by atoms with Crippen LogP contribution >= 0.6 is 0 Å². The van der Waals surface area contributed by atoms with E-state index in [4.69, 9.17) is 20.6 Å². The van der Waals surface area contributed by atoms with Gasteiger partial charge in [-0.1, -0.05) is 36.4 Å². The Hall–Kier alpha value is -3.74. The molecule has 3 aromatic carbocycles. The summed E-state index contributed by atoms with van der Waals surface area (Å²) in [7, 11) is 0. The van der Waals surface area contributed by atoms with Gasteiger partial charge in [0.25, 0.3) is 0 Å². The van der Waals surface area contributed by atoms with E-state index in [1.807, 2.05) is 6.07 Å². The van der Waals surface area contributed by atoms with Gasteiger partial charge >= 0.3 is 0 Å². The first-order chi connectivity index (χ1) is 17.0. The summed E-state index contributed by atoms with van der Waals surface area (Å²) in [4.78, 5) is 4.21. The van der Waals surface area contributed by atoms with Crippen LogP contribution in [0.3, 0.4) is 0 Å². The van der Waals surface area contributed by atoms with Gasteiger partial charge in [-0.25, -0.2) is 13.8 Å². The summed E-state index contributed by atoms with van der Waals surface area (Å²) in [6, 6.07) is 16.9. The van der Waals surface area contributed by atoms with Crippen molar-refractivity contribution in [2.75, 3.05) is 13.2 Å². The number of hydrogen-bond acceptors (Lipinski definition) is 4. The number of unbranched alkanes of at least 4 members (excludes halogenated alkanes) is 2. The van der Waals surface area contributed by atoms with E-state index in [1.54, 1.807) is 36.4 Å². The number of para-hydroxylation sites is 2. The van der Waals surface area contributed by atoms with Gasteiger partial charge in [0.05, 0.1) is 13.2 Å². The Kier molecular flexibility index (Phi) is 8.08. The first kappa shape index (κ1) is 24.4. The molecular weight excluding hydrogens is 448 g/mol. The van der Waals surface area contributed by atoms with Crippen LogP contribution in [0, 0.1) is 17.0 Å². The number of nitrogens with one attached hydrogen (secondary N) is 1. The van der Waals surface area contributed by atoms with Crippen molar-refractivity contribution in [1.29, 1.82) is 5.41 Å². The van der Waals surface area contributed by atoms with Crippen molar-refractivity contribution in [3.8, 4) is 11.5 Å². The molecule has 35 heavy (non-hydrogen) atoms. The van der Waals surface area contributed by atoms with E-state index in [-0.39, 0.29) is 29.0 Å². The minimum atomic E-state index is -0.360. The summed E-state index contributed by atoms with van der Waals surface area (Å²) in [5, 5.41) is 8.32. The molecule has 5 nitrogen and oxygen atoms in total. The maximum Gasteiger partial charge on any atom is 0.165 e. The standard InChI is InChI=1S/C28H29F2N3O2/c29-21-11-1-3-13-23(21)34-17-7-5-9-19-15-16-20(26-25(19)27(31)33-28(26)32)10-6-8-18-35-24-14-4-2-12-22(24)30/h1-4,11-16H,5-10,17-18H2,(H3,31,32,33). The van der Waals surface area contributed by atoms with Gasteiger partial charge in [0.15, 0.2) is 29.0 Å². The zero-order chi connectivity index (χ0) is 24.6. The molecule has 0 aliphatic carbocycles. The second kappa shape index (κ2) is 11.6. The number of halogens is 2.